The van der Waals surface area contributed by atoms with Gasteiger partial charge in [0, 0.05) is 6.54 Å². The lowest BCUT2D eigenvalue weighted by molar-refractivity contribution is -0.155. The van der Waals surface area contributed by atoms with Crippen LogP contribution in [0.4, 0.5) is 0 Å². The third-order valence-corrected chi connectivity index (χ3v) is 4.24. The number of benzene rings is 1. The van der Waals surface area contributed by atoms with Crippen molar-refractivity contribution in [2.75, 3.05) is 6.54 Å². The van der Waals surface area contributed by atoms with E-state index < -0.39 is 11.4 Å². The Morgan fingerprint density at radius 2 is 1.90 bits per heavy atom. The van der Waals surface area contributed by atoms with Crippen LogP contribution in [0.25, 0.3) is 0 Å². The van der Waals surface area contributed by atoms with Gasteiger partial charge in [-0.15, -0.1) is 0 Å². The molecule has 0 aromatic heterocycles. The summed E-state index contributed by atoms with van der Waals surface area (Å²) in [6.07, 6.45) is 3.28. The summed E-state index contributed by atoms with van der Waals surface area (Å²) in [5.74, 6) is -1.31. The highest BCUT2D eigenvalue weighted by Gasteiger charge is 2.47. The van der Waals surface area contributed by atoms with E-state index in [0.29, 0.717) is 19.4 Å². The molecule has 0 aliphatic heterocycles. The number of rotatable bonds is 5. The van der Waals surface area contributed by atoms with E-state index in [2.05, 4.69) is 5.32 Å². The van der Waals surface area contributed by atoms with Crippen molar-refractivity contribution in [2.45, 2.75) is 39.0 Å². The van der Waals surface area contributed by atoms with Crippen LogP contribution in [0.5, 0.6) is 0 Å². The van der Waals surface area contributed by atoms with E-state index in [1.165, 1.54) is 11.1 Å². The first-order valence-corrected chi connectivity index (χ1v) is 7.12. The first kappa shape index (κ1) is 14.6. The fraction of sp³-hybridized carbons (Fsp3) is 0.500. The Bertz CT molecular complexity index is 504. The second-order valence-electron chi connectivity index (χ2n) is 5.53. The fourth-order valence-electron chi connectivity index (χ4n) is 2.89. The highest BCUT2D eigenvalue weighted by molar-refractivity contribution is 6.02. The van der Waals surface area contributed by atoms with E-state index in [9.17, 15) is 14.7 Å². The van der Waals surface area contributed by atoms with Gasteiger partial charge in [0.25, 0.3) is 0 Å². The third-order valence-electron chi connectivity index (χ3n) is 4.24. The third kappa shape index (κ3) is 2.84. The number of carboxylic acid groups (broad SMARTS) is 1. The first-order valence-electron chi connectivity index (χ1n) is 7.12. The summed E-state index contributed by atoms with van der Waals surface area (Å²) in [7, 11) is 0. The van der Waals surface area contributed by atoms with Crippen molar-refractivity contribution < 1.29 is 14.7 Å². The Morgan fingerprint density at radius 1 is 1.25 bits per heavy atom. The Kier molecular flexibility index (Phi) is 4.42. The molecule has 1 fully saturated rings. The predicted molar refractivity (Wildman–Crippen MR) is 76.4 cm³/mol. The van der Waals surface area contributed by atoms with Gasteiger partial charge in [-0.05, 0) is 37.3 Å². The van der Waals surface area contributed by atoms with Crippen LogP contribution in [-0.4, -0.2) is 23.5 Å². The molecule has 0 atom stereocenters. The molecule has 108 valence electrons. The van der Waals surface area contributed by atoms with Crippen molar-refractivity contribution in [3.05, 3.63) is 35.4 Å². The zero-order valence-electron chi connectivity index (χ0n) is 11.8. The van der Waals surface area contributed by atoms with Crippen LogP contribution in [0.2, 0.25) is 0 Å². The largest absolute Gasteiger partial charge is 0.480 e. The summed E-state index contributed by atoms with van der Waals surface area (Å²) >= 11 is 0. The molecule has 4 heteroatoms. The maximum Gasteiger partial charge on any atom is 0.319 e. The zero-order chi connectivity index (χ0) is 14.6. The summed E-state index contributed by atoms with van der Waals surface area (Å²) < 4.78 is 0. The average molecular weight is 275 g/mol. The second kappa shape index (κ2) is 6.07. The molecule has 0 saturated heterocycles. The van der Waals surface area contributed by atoms with Gasteiger partial charge in [0.05, 0.1) is 0 Å². The first-order chi connectivity index (χ1) is 9.56. The Balaban J connectivity index is 1.92. The van der Waals surface area contributed by atoms with E-state index in [1.54, 1.807) is 0 Å². The van der Waals surface area contributed by atoms with Gasteiger partial charge in [-0.1, -0.05) is 37.1 Å². The molecule has 2 N–H and O–H groups in total. The molecular formula is C16H21NO3. The second-order valence-corrected chi connectivity index (χ2v) is 5.53. The molecule has 1 saturated carbocycles. The van der Waals surface area contributed by atoms with Crippen LogP contribution in [0.15, 0.2) is 24.3 Å². The lowest BCUT2D eigenvalue weighted by atomic mass is 9.85. The van der Waals surface area contributed by atoms with E-state index in [-0.39, 0.29) is 5.91 Å². The minimum Gasteiger partial charge on any atom is -0.480 e. The Hall–Kier alpha value is -1.84. The SMILES string of the molecule is Cc1ccccc1CCNC(=O)C1(C(=O)O)CCCC1. The molecule has 1 aliphatic carbocycles. The summed E-state index contributed by atoms with van der Waals surface area (Å²) in [5.41, 5.74) is 1.19. The van der Waals surface area contributed by atoms with E-state index in [4.69, 9.17) is 0 Å². The maximum absolute atomic E-state index is 12.2. The van der Waals surface area contributed by atoms with Gasteiger partial charge in [0.1, 0.15) is 5.41 Å². The lowest BCUT2D eigenvalue weighted by Crippen LogP contribution is -2.45. The predicted octanol–water partition coefficient (Wildman–Crippen LogP) is 2.30. The zero-order valence-corrected chi connectivity index (χ0v) is 11.8. The quantitative estimate of drug-likeness (QED) is 0.810. The van der Waals surface area contributed by atoms with Gasteiger partial charge in [0.2, 0.25) is 5.91 Å². The number of nitrogens with one attached hydrogen (secondary N) is 1. The van der Waals surface area contributed by atoms with Crippen LogP contribution in [-0.2, 0) is 16.0 Å². The van der Waals surface area contributed by atoms with Gasteiger partial charge < -0.3 is 10.4 Å². The molecule has 0 heterocycles. The number of hydrogen-bond acceptors (Lipinski definition) is 2. The van der Waals surface area contributed by atoms with Crippen molar-refractivity contribution in [3.63, 3.8) is 0 Å². The molecule has 2 rings (SSSR count). The molecule has 1 aliphatic rings. The summed E-state index contributed by atoms with van der Waals surface area (Å²) in [4.78, 5) is 23.6. The van der Waals surface area contributed by atoms with Gasteiger partial charge in [0.15, 0.2) is 0 Å². The van der Waals surface area contributed by atoms with Crippen LogP contribution < -0.4 is 5.32 Å². The van der Waals surface area contributed by atoms with Gasteiger partial charge in [-0.2, -0.15) is 0 Å². The topological polar surface area (TPSA) is 66.4 Å². The van der Waals surface area contributed by atoms with Crippen LogP contribution in [0, 0.1) is 12.3 Å². The maximum atomic E-state index is 12.2. The molecule has 0 spiro atoms. The molecule has 1 aromatic carbocycles. The number of aryl methyl sites for hydroxylation is 1. The van der Waals surface area contributed by atoms with E-state index in [1.807, 2.05) is 31.2 Å². The van der Waals surface area contributed by atoms with Gasteiger partial charge >= 0.3 is 5.97 Å². The van der Waals surface area contributed by atoms with Crippen LogP contribution in [0.1, 0.15) is 36.8 Å². The van der Waals surface area contributed by atoms with E-state index in [0.717, 1.165) is 19.3 Å². The molecule has 1 amide bonds. The standard InChI is InChI=1S/C16H21NO3/c1-12-6-2-3-7-13(12)8-11-17-14(18)16(15(19)20)9-4-5-10-16/h2-3,6-7H,4-5,8-11H2,1H3,(H,17,18)(H,19,20). The van der Waals surface area contributed by atoms with Crippen molar-refractivity contribution in [1.82, 2.24) is 5.32 Å². The number of hydrogen-bond donors (Lipinski definition) is 2. The van der Waals surface area contributed by atoms with Crippen LogP contribution in [0.3, 0.4) is 0 Å². The highest BCUT2D eigenvalue weighted by Crippen LogP contribution is 2.38. The van der Waals surface area contributed by atoms with Crippen LogP contribution >= 0.6 is 0 Å². The van der Waals surface area contributed by atoms with Crippen molar-refractivity contribution in [1.29, 1.82) is 0 Å². The average Bonchev–Trinajstić information content (AvgIpc) is 2.91. The molecule has 0 unspecified atom stereocenters. The summed E-state index contributed by atoms with van der Waals surface area (Å²) in [6, 6.07) is 8.02. The van der Waals surface area contributed by atoms with E-state index >= 15 is 0 Å². The Labute approximate surface area is 119 Å². The van der Waals surface area contributed by atoms with Crippen molar-refractivity contribution in [3.8, 4) is 0 Å². The molecule has 1 aromatic rings. The molecule has 20 heavy (non-hydrogen) atoms. The number of aliphatic carboxylic acids is 1. The monoisotopic (exact) mass is 275 g/mol. The smallest absolute Gasteiger partial charge is 0.319 e. The van der Waals surface area contributed by atoms with Gasteiger partial charge in [-0.3, -0.25) is 9.59 Å². The minimum atomic E-state index is -1.19. The normalized spacial score (nSPS) is 16.9. The van der Waals surface area contributed by atoms with Crippen molar-refractivity contribution >= 4 is 11.9 Å². The van der Waals surface area contributed by atoms with Crippen molar-refractivity contribution in [2.24, 2.45) is 5.41 Å². The fourth-order valence-corrected chi connectivity index (χ4v) is 2.89. The number of amides is 1. The molecule has 0 radical (unpaired) electrons. The number of carbonyl (C=O) groups excluding carboxylic acids is 1. The summed E-state index contributed by atoms with van der Waals surface area (Å²) in [6.45, 7) is 2.52. The summed E-state index contributed by atoms with van der Waals surface area (Å²) in [5, 5.41) is 12.1. The molecular weight excluding hydrogens is 254 g/mol. The minimum absolute atomic E-state index is 0.323. The number of carboxylic acids is 1. The Morgan fingerprint density at radius 3 is 2.50 bits per heavy atom. The van der Waals surface area contributed by atoms with Gasteiger partial charge in [-0.25, -0.2) is 0 Å². The molecule has 0 bridgehead atoms. The highest BCUT2D eigenvalue weighted by atomic mass is 16.4. The lowest BCUT2D eigenvalue weighted by Gasteiger charge is -2.22. The molecule has 4 nitrogen and oxygen atoms in total. The number of carbonyl (C=O) groups is 2.